The van der Waals surface area contributed by atoms with Crippen molar-refractivity contribution >= 4 is 16.8 Å². The maximum absolute atomic E-state index is 12.2. The average Bonchev–Trinajstić information content (AvgIpc) is 2.99. The molecule has 0 saturated carbocycles. The highest BCUT2D eigenvalue weighted by Crippen LogP contribution is 2.17. The summed E-state index contributed by atoms with van der Waals surface area (Å²) < 4.78 is 5.07. The zero-order chi connectivity index (χ0) is 16.1. The monoisotopic (exact) mass is 308 g/mol. The molecule has 2 N–H and O–H groups in total. The molecule has 0 radical (unpaired) electrons. The smallest absolute Gasteiger partial charge is 0.251 e. The van der Waals surface area contributed by atoms with Crippen molar-refractivity contribution in [3.8, 4) is 0 Å². The van der Waals surface area contributed by atoms with Crippen LogP contribution in [0.15, 0.2) is 54.7 Å². The first-order chi connectivity index (χ1) is 11.3. The minimum absolute atomic E-state index is 0.0474. The number of methoxy groups -OCH3 is 1. The van der Waals surface area contributed by atoms with Crippen molar-refractivity contribution in [3.05, 3.63) is 71.4 Å². The van der Waals surface area contributed by atoms with Gasteiger partial charge >= 0.3 is 0 Å². The Morgan fingerprint density at radius 1 is 1.13 bits per heavy atom. The Balaban J connectivity index is 1.56. The number of H-pyrrole nitrogens is 1. The molecular formula is C19H20N2O2. The number of ether oxygens (including phenoxy) is 1. The highest BCUT2D eigenvalue weighted by Gasteiger charge is 2.06. The zero-order valence-electron chi connectivity index (χ0n) is 13.1. The fourth-order valence-electron chi connectivity index (χ4n) is 2.67. The third kappa shape index (κ3) is 3.60. The first kappa shape index (κ1) is 15.3. The van der Waals surface area contributed by atoms with E-state index >= 15 is 0 Å². The van der Waals surface area contributed by atoms with E-state index in [2.05, 4.69) is 22.4 Å². The summed E-state index contributed by atoms with van der Waals surface area (Å²) in [6.07, 6.45) is 2.81. The van der Waals surface area contributed by atoms with Gasteiger partial charge in [0.15, 0.2) is 0 Å². The third-order valence-electron chi connectivity index (χ3n) is 3.88. The molecule has 1 aromatic heterocycles. The molecule has 2 aromatic carbocycles. The molecule has 0 fully saturated rings. The number of hydrogen-bond acceptors (Lipinski definition) is 2. The Labute approximate surface area is 135 Å². The van der Waals surface area contributed by atoms with Gasteiger partial charge < -0.3 is 15.0 Å². The number of carbonyl (C=O) groups is 1. The molecule has 0 aliphatic carbocycles. The van der Waals surface area contributed by atoms with Crippen LogP contribution in [0.25, 0.3) is 10.9 Å². The topological polar surface area (TPSA) is 54.1 Å². The molecule has 0 atom stereocenters. The summed E-state index contributed by atoms with van der Waals surface area (Å²) in [6, 6.07) is 15.7. The van der Waals surface area contributed by atoms with E-state index in [-0.39, 0.29) is 5.91 Å². The minimum atomic E-state index is -0.0474. The summed E-state index contributed by atoms with van der Waals surface area (Å²) in [4.78, 5) is 15.4. The summed E-state index contributed by atoms with van der Waals surface area (Å²) in [7, 11) is 1.66. The van der Waals surface area contributed by atoms with E-state index in [1.165, 1.54) is 10.9 Å². The van der Waals surface area contributed by atoms with E-state index in [1.54, 1.807) is 7.11 Å². The van der Waals surface area contributed by atoms with Crippen LogP contribution in [0, 0.1) is 0 Å². The molecule has 0 spiro atoms. The Morgan fingerprint density at radius 3 is 2.70 bits per heavy atom. The van der Waals surface area contributed by atoms with Gasteiger partial charge in [0.05, 0.1) is 6.61 Å². The van der Waals surface area contributed by atoms with Gasteiger partial charge in [-0.2, -0.15) is 0 Å². The molecule has 0 bridgehead atoms. The van der Waals surface area contributed by atoms with Crippen LogP contribution in [-0.4, -0.2) is 24.5 Å². The van der Waals surface area contributed by atoms with Gasteiger partial charge in [0, 0.05) is 36.3 Å². The Hall–Kier alpha value is -2.59. The van der Waals surface area contributed by atoms with Gasteiger partial charge in [-0.15, -0.1) is 0 Å². The van der Waals surface area contributed by atoms with E-state index in [4.69, 9.17) is 4.74 Å². The van der Waals surface area contributed by atoms with Crippen LogP contribution in [-0.2, 0) is 17.8 Å². The molecule has 0 saturated heterocycles. The van der Waals surface area contributed by atoms with Crippen molar-refractivity contribution in [2.45, 2.75) is 13.0 Å². The predicted octanol–water partition coefficient (Wildman–Crippen LogP) is 3.29. The first-order valence-corrected chi connectivity index (χ1v) is 7.69. The van der Waals surface area contributed by atoms with Crippen LogP contribution in [0.2, 0.25) is 0 Å². The molecule has 1 amide bonds. The maximum Gasteiger partial charge on any atom is 0.251 e. The Kier molecular flexibility index (Phi) is 4.74. The van der Waals surface area contributed by atoms with E-state index in [1.807, 2.05) is 42.6 Å². The second-order valence-corrected chi connectivity index (χ2v) is 5.50. The predicted molar refractivity (Wildman–Crippen MR) is 91.5 cm³/mol. The van der Waals surface area contributed by atoms with Gasteiger partial charge in [-0.1, -0.05) is 30.3 Å². The molecular weight excluding hydrogens is 288 g/mol. The van der Waals surface area contributed by atoms with Crippen LogP contribution in [0.5, 0.6) is 0 Å². The molecule has 1 heterocycles. The Morgan fingerprint density at radius 2 is 1.91 bits per heavy atom. The van der Waals surface area contributed by atoms with Crippen molar-refractivity contribution in [3.63, 3.8) is 0 Å². The number of aromatic amines is 1. The minimum Gasteiger partial charge on any atom is -0.380 e. The number of para-hydroxylation sites is 1. The molecule has 118 valence electrons. The fourth-order valence-corrected chi connectivity index (χ4v) is 2.67. The summed E-state index contributed by atoms with van der Waals surface area (Å²) >= 11 is 0. The fraction of sp³-hybridized carbons (Fsp3) is 0.211. The summed E-state index contributed by atoms with van der Waals surface area (Å²) in [5.74, 6) is -0.0474. The largest absolute Gasteiger partial charge is 0.380 e. The maximum atomic E-state index is 12.2. The Bertz CT molecular complexity index is 790. The van der Waals surface area contributed by atoms with Gasteiger partial charge in [0.2, 0.25) is 0 Å². The molecule has 4 heteroatoms. The molecule has 3 aromatic rings. The highest BCUT2D eigenvalue weighted by atomic mass is 16.5. The van der Waals surface area contributed by atoms with Crippen LogP contribution < -0.4 is 5.32 Å². The average molecular weight is 308 g/mol. The van der Waals surface area contributed by atoms with Gasteiger partial charge in [0.1, 0.15) is 0 Å². The molecule has 3 rings (SSSR count). The van der Waals surface area contributed by atoms with E-state index in [0.29, 0.717) is 18.7 Å². The van der Waals surface area contributed by atoms with Gasteiger partial charge in [-0.25, -0.2) is 0 Å². The number of nitrogens with one attached hydrogen (secondary N) is 2. The van der Waals surface area contributed by atoms with Gasteiger partial charge in [-0.05, 0) is 35.7 Å². The van der Waals surface area contributed by atoms with Gasteiger partial charge in [-0.3, -0.25) is 4.79 Å². The molecule has 0 aliphatic rings. The van der Waals surface area contributed by atoms with Crippen LogP contribution in [0.4, 0.5) is 0 Å². The first-order valence-electron chi connectivity index (χ1n) is 7.69. The number of amides is 1. The molecule has 0 aliphatic heterocycles. The van der Waals surface area contributed by atoms with Crippen molar-refractivity contribution in [2.24, 2.45) is 0 Å². The molecule has 4 nitrogen and oxygen atoms in total. The second kappa shape index (κ2) is 7.11. The van der Waals surface area contributed by atoms with Crippen molar-refractivity contribution in [1.29, 1.82) is 0 Å². The lowest BCUT2D eigenvalue weighted by molar-refractivity contribution is 0.0954. The van der Waals surface area contributed by atoms with E-state index < -0.39 is 0 Å². The van der Waals surface area contributed by atoms with Crippen LogP contribution in [0.3, 0.4) is 0 Å². The number of benzene rings is 2. The SMILES string of the molecule is COCc1ccc(C(=O)NCCc2c[nH]c3ccccc23)cc1. The highest BCUT2D eigenvalue weighted by molar-refractivity contribution is 5.94. The van der Waals surface area contributed by atoms with E-state index in [9.17, 15) is 4.79 Å². The second-order valence-electron chi connectivity index (χ2n) is 5.50. The van der Waals surface area contributed by atoms with Crippen molar-refractivity contribution in [1.82, 2.24) is 10.3 Å². The number of aromatic nitrogens is 1. The summed E-state index contributed by atoms with van der Waals surface area (Å²) in [5, 5.41) is 4.18. The number of fused-ring (bicyclic) bond motifs is 1. The van der Waals surface area contributed by atoms with Gasteiger partial charge in [0.25, 0.3) is 5.91 Å². The molecule has 0 unspecified atom stereocenters. The normalized spacial score (nSPS) is 10.8. The number of rotatable bonds is 6. The van der Waals surface area contributed by atoms with E-state index in [0.717, 1.165) is 17.5 Å². The lowest BCUT2D eigenvalue weighted by Gasteiger charge is -2.06. The quantitative estimate of drug-likeness (QED) is 0.734. The number of hydrogen-bond donors (Lipinski definition) is 2. The van der Waals surface area contributed by atoms with Crippen molar-refractivity contribution < 1.29 is 9.53 Å². The molecule has 23 heavy (non-hydrogen) atoms. The lowest BCUT2D eigenvalue weighted by atomic mass is 10.1. The summed E-state index contributed by atoms with van der Waals surface area (Å²) in [6.45, 7) is 1.17. The third-order valence-corrected chi connectivity index (χ3v) is 3.88. The van der Waals surface area contributed by atoms with Crippen LogP contribution in [0.1, 0.15) is 21.5 Å². The van der Waals surface area contributed by atoms with Crippen molar-refractivity contribution in [2.75, 3.05) is 13.7 Å². The van der Waals surface area contributed by atoms with Crippen LogP contribution >= 0.6 is 0 Å². The zero-order valence-corrected chi connectivity index (χ0v) is 13.1. The summed E-state index contributed by atoms with van der Waals surface area (Å²) in [5.41, 5.74) is 4.07. The standard InChI is InChI=1S/C19H20N2O2/c1-23-13-14-6-8-15(9-7-14)19(22)20-11-10-16-12-21-18-5-3-2-4-17(16)18/h2-9,12,21H,10-11,13H2,1H3,(H,20,22). The lowest BCUT2D eigenvalue weighted by Crippen LogP contribution is -2.25. The number of carbonyl (C=O) groups excluding carboxylic acids is 1.